The van der Waals surface area contributed by atoms with Crippen LogP contribution in [0.2, 0.25) is 5.02 Å². The molecule has 0 heterocycles. The van der Waals surface area contributed by atoms with Crippen LogP contribution in [0.3, 0.4) is 0 Å². The highest BCUT2D eigenvalue weighted by Crippen LogP contribution is 2.22. The second-order valence-corrected chi connectivity index (χ2v) is 10.1. The number of nitrogens with zero attached hydrogens (tertiary/aromatic N) is 1. The number of carbonyl (C=O) groups is 3. The van der Waals surface area contributed by atoms with E-state index in [0.717, 1.165) is 25.7 Å². The molecule has 1 saturated carbocycles. The third kappa shape index (κ3) is 7.36. The van der Waals surface area contributed by atoms with Gasteiger partial charge in [0.2, 0.25) is 17.7 Å². The minimum absolute atomic E-state index is 0.0846. The minimum atomic E-state index is -1.83. The molecule has 10 heteroatoms. The molecule has 0 aromatic heterocycles. The molecule has 2 N–H and O–H groups in total. The summed E-state index contributed by atoms with van der Waals surface area (Å²) in [7, 11) is -1.83. The van der Waals surface area contributed by atoms with E-state index in [2.05, 4.69) is 10.6 Å². The molecule has 0 radical (unpaired) electrons. The highest BCUT2D eigenvalue weighted by molar-refractivity contribution is 7.86. The van der Waals surface area contributed by atoms with E-state index in [-0.39, 0.29) is 11.9 Å². The van der Waals surface area contributed by atoms with Crippen molar-refractivity contribution in [2.45, 2.75) is 44.7 Å². The molecule has 3 amide bonds. The first-order valence-corrected chi connectivity index (χ1v) is 12.9. The van der Waals surface area contributed by atoms with Gasteiger partial charge in [0.15, 0.2) is 0 Å². The number of rotatable bonds is 9. The molecular formula is C24H27ClFN3O4S. The van der Waals surface area contributed by atoms with Gasteiger partial charge in [0.05, 0.1) is 0 Å². The molecule has 0 spiro atoms. The highest BCUT2D eigenvalue weighted by Gasteiger charge is 2.30. The van der Waals surface area contributed by atoms with Crippen molar-refractivity contribution in [3.8, 4) is 0 Å². The molecule has 1 fully saturated rings. The van der Waals surface area contributed by atoms with E-state index in [4.69, 9.17) is 11.6 Å². The van der Waals surface area contributed by atoms with Crippen molar-refractivity contribution in [2.24, 2.45) is 0 Å². The van der Waals surface area contributed by atoms with Crippen LogP contribution in [0.15, 0.2) is 48.5 Å². The first-order valence-electron chi connectivity index (χ1n) is 11.0. The number of benzene rings is 2. The standard InChI is InChI=1S/C24H27ClFN3O4S/c1-16(24(32)28-19-4-2-3-5-19)29(21-12-6-17(25)7-13-21)23(31)15-34(33)14-22(30)27-20-10-8-18(26)9-11-20/h6-13,16,19H,2-5,14-15H2,1H3,(H,27,30)(H,28,32)/t16-,34-/m1/s1. The van der Waals surface area contributed by atoms with Crippen LogP contribution in [0.25, 0.3) is 0 Å². The molecule has 0 saturated heterocycles. The SMILES string of the molecule is C[C@H](C(=O)NC1CCCC1)N(C(=O)C[S@](=O)CC(=O)Nc1ccc(F)cc1)c1ccc(Cl)cc1. The van der Waals surface area contributed by atoms with Gasteiger partial charge in [-0.25, -0.2) is 4.39 Å². The van der Waals surface area contributed by atoms with Gasteiger partial charge in [-0.15, -0.1) is 0 Å². The van der Waals surface area contributed by atoms with Crippen LogP contribution in [-0.2, 0) is 25.2 Å². The van der Waals surface area contributed by atoms with Gasteiger partial charge in [0.1, 0.15) is 23.4 Å². The van der Waals surface area contributed by atoms with Crippen LogP contribution in [0.5, 0.6) is 0 Å². The van der Waals surface area contributed by atoms with E-state index in [1.165, 1.54) is 29.2 Å². The predicted molar refractivity (Wildman–Crippen MR) is 132 cm³/mol. The van der Waals surface area contributed by atoms with Gasteiger partial charge in [-0.3, -0.25) is 23.5 Å². The smallest absolute Gasteiger partial charge is 0.243 e. The Hall–Kier alpha value is -2.78. The Morgan fingerprint density at radius 1 is 1.06 bits per heavy atom. The van der Waals surface area contributed by atoms with E-state index in [1.807, 2.05) is 0 Å². The lowest BCUT2D eigenvalue weighted by molar-refractivity contribution is -0.125. The van der Waals surface area contributed by atoms with Crippen molar-refractivity contribution in [1.29, 1.82) is 0 Å². The Balaban J connectivity index is 1.66. The fourth-order valence-corrected chi connectivity index (χ4v) is 4.84. The minimum Gasteiger partial charge on any atom is -0.352 e. The zero-order valence-corrected chi connectivity index (χ0v) is 20.3. The molecule has 2 aromatic carbocycles. The fourth-order valence-electron chi connectivity index (χ4n) is 3.83. The first-order chi connectivity index (χ1) is 16.2. The summed E-state index contributed by atoms with van der Waals surface area (Å²) in [6, 6.07) is 10.8. The van der Waals surface area contributed by atoms with Gasteiger partial charge in [-0.1, -0.05) is 24.4 Å². The third-order valence-electron chi connectivity index (χ3n) is 5.55. The first kappa shape index (κ1) is 25.8. The Labute approximate surface area is 205 Å². The Kier molecular flexibility index (Phi) is 9.18. The second kappa shape index (κ2) is 12.1. The summed E-state index contributed by atoms with van der Waals surface area (Å²) in [4.78, 5) is 39.5. The Morgan fingerprint density at radius 3 is 2.29 bits per heavy atom. The van der Waals surface area contributed by atoms with Crippen molar-refractivity contribution in [3.63, 3.8) is 0 Å². The quantitative estimate of drug-likeness (QED) is 0.541. The van der Waals surface area contributed by atoms with E-state index < -0.39 is 46.0 Å². The van der Waals surface area contributed by atoms with Crippen molar-refractivity contribution in [1.82, 2.24) is 5.32 Å². The van der Waals surface area contributed by atoms with Crippen molar-refractivity contribution >= 4 is 51.5 Å². The predicted octanol–water partition coefficient (Wildman–Crippen LogP) is 3.65. The molecule has 34 heavy (non-hydrogen) atoms. The topological polar surface area (TPSA) is 95.6 Å². The summed E-state index contributed by atoms with van der Waals surface area (Å²) in [5, 5.41) is 5.98. The molecule has 7 nitrogen and oxygen atoms in total. The summed E-state index contributed by atoms with van der Waals surface area (Å²) in [6.07, 6.45) is 3.91. The number of halogens is 2. The molecule has 0 bridgehead atoms. The third-order valence-corrected chi connectivity index (χ3v) is 6.95. The summed E-state index contributed by atoms with van der Waals surface area (Å²) >= 11 is 5.97. The zero-order chi connectivity index (χ0) is 24.7. The molecule has 0 unspecified atom stereocenters. The van der Waals surface area contributed by atoms with Gasteiger partial charge in [0, 0.05) is 33.2 Å². The lowest BCUT2D eigenvalue weighted by Crippen LogP contribution is -2.51. The van der Waals surface area contributed by atoms with Crippen LogP contribution in [0.4, 0.5) is 15.8 Å². The Bertz CT molecular complexity index is 1040. The molecule has 1 aliphatic carbocycles. The summed E-state index contributed by atoms with van der Waals surface area (Å²) in [5.74, 6) is -2.72. The molecule has 1 aliphatic rings. The lowest BCUT2D eigenvalue weighted by atomic mass is 10.1. The van der Waals surface area contributed by atoms with Gasteiger partial charge < -0.3 is 10.6 Å². The van der Waals surface area contributed by atoms with Gasteiger partial charge in [0.25, 0.3) is 0 Å². The van der Waals surface area contributed by atoms with Gasteiger partial charge in [-0.05, 0) is 68.3 Å². The summed E-state index contributed by atoms with van der Waals surface area (Å²) < 4.78 is 25.6. The molecule has 2 aromatic rings. The van der Waals surface area contributed by atoms with Crippen molar-refractivity contribution in [2.75, 3.05) is 21.7 Å². The van der Waals surface area contributed by atoms with Gasteiger partial charge >= 0.3 is 0 Å². The largest absolute Gasteiger partial charge is 0.352 e. The monoisotopic (exact) mass is 507 g/mol. The number of nitrogens with one attached hydrogen (secondary N) is 2. The number of hydrogen-bond donors (Lipinski definition) is 2. The molecular weight excluding hydrogens is 481 g/mol. The average molecular weight is 508 g/mol. The van der Waals surface area contributed by atoms with Crippen molar-refractivity contribution < 1.29 is 23.0 Å². The lowest BCUT2D eigenvalue weighted by Gasteiger charge is -2.29. The maximum atomic E-state index is 13.1. The van der Waals surface area contributed by atoms with Crippen LogP contribution in [0, 0.1) is 5.82 Å². The fraction of sp³-hybridized carbons (Fsp3) is 0.375. The maximum Gasteiger partial charge on any atom is 0.243 e. The second-order valence-electron chi connectivity index (χ2n) is 8.19. The van der Waals surface area contributed by atoms with Crippen LogP contribution in [0.1, 0.15) is 32.6 Å². The van der Waals surface area contributed by atoms with Crippen LogP contribution >= 0.6 is 11.6 Å². The number of amides is 3. The molecule has 3 rings (SSSR count). The zero-order valence-electron chi connectivity index (χ0n) is 18.8. The van der Waals surface area contributed by atoms with Crippen LogP contribution in [-0.4, -0.2) is 45.5 Å². The van der Waals surface area contributed by atoms with E-state index in [9.17, 15) is 23.0 Å². The molecule has 0 aliphatic heterocycles. The summed E-state index contributed by atoms with van der Waals surface area (Å²) in [5.41, 5.74) is 0.797. The van der Waals surface area contributed by atoms with Crippen molar-refractivity contribution in [3.05, 3.63) is 59.4 Å². The normalized spacial score (nSPS) is 15.4. The molecule has 182 valence electrons. The van der Waals surface area contributed by atoms with E-state index in [1.54, 1.807) is 31.2 Å². The highest BCUT2D eigenvalue weighted by atomic mass is 35.5. The average Bonchev–Trinajstić information content (AvgIpc) is 3.29. The number of hydrogen-bond acceptors (Lipinski definition) is 4. The maximum absolute atomic E-state index is 13.1. The van der Waals surface area contributed by atoms with Crippen LogP contribution < -0.4 is 15.5 Å². The van der Waals surface area contributed by atoms with E-state index >= 15 is 0 Å². The number of anilines is 2. The van der Waals surface area contributed by atoms with Gasteiger partial charge in [-0.2, -0.15) is 0 Å². The molecule has 2 atom stereocenters. The van der Waals surface area contributed by atoms with E-state index in [0.29, 0.717) is 16.4 Å². The number of carbonyl (C=O) groups excluding carboxylic acids is 3. The summed E-state index contributed by atoms with van der Waals surface area (Å²) in [6.45, 7) is 1.61. The Morgan fingerprint density at radius 2 is 1.68 bits per heavy atom.